The SMILES string of the molecule is COCCNc1ccc(C(=O)NCC(c2ccc(C)o2)N2CCOCC2)cc1[N+](=O)[O-]. The molecule has 1 saturated heterocycles. The minimum absolute atomic E-state index is 0.147. The van der Waals surface area contributed by atoms with Crippen LogP contribution in [0.2, 0.25) is 0 Å². The first-order valence-electron chi connectivity index (χ1n) is 10.2. The highest BCUT2D eigenvalue weighted by atomic mass is 16.6. The summed E-state index contributed by atoms with van der Waals surface area (Å²) >= 11 is 0. The molecule has 0 saturated carbocycles. The first-order chi connectivity index (χ1) is 15.0. The van der Waals surface area contributed by atoms with E-state index in [9.17, 15) is 14.9 Å². The Labute approximate surface area is 180 Å². The number of carbonyl (C=O) groups excluding carboxylic acids is 1. The molecule has 1 fully saturated rings. The summed E-state index contributed by atoms with van der Waals surface area (Å²) in [4.78, 5) is 25.9. The van der Waals surface area contributed by atoms with E-state index in [4.69, 9.17) is 13.9 Å². The van der Waals surface area contributed by atoms with Gasteiger partial charge >= 0.3 is 0 Å². The Kier molecular flexibility index (Phi) is 7.99. The second-order valence-corrected chi connectivity index (χ2v) is 7.23. The second-order valence-electron chi connectivity index (χ2n) is 7.23. The van der Waals surface area contributed by atoms with Crippen LogP contribution in [-0.2, 0) is 9.47 Å². The van der Waals surface area contributed by atoms with Crippen LogP contribution < -0.4 is 10.6 Å². The fourth-order valence-corrected chi connectivity index (χ4v) is 3.48. The lowest BCUT2D eigenvalue weighted by Gasteiger charge is -2.33. The van der Waals surface area contributed by atoms with E-state index >= 15 is 0 Å². The monoisotopic (exact) mass is 432 g/mol. The number of nitro benzene ring substituents is 1. The number of morpholine rings is 1. The minimum atomic E-state index is -0.506. The van der Waals surface area contributed by atoms with Gasteiger partial charge in [0.2, 0.25) is 0 Å². The lowest BCUT2D eigenvalue weighted by Crippen LogP contribution is -2.43. The summed E-state index contributed by atoms with van der Waals surface area (Å²) in [7, 11) is 1.55. The van der Waals surface area contributed by atoms with Crippen LogP contribution in [-0.4, -0.2) is 68.8 Å². The molecule has 1 aliphatic rings. The summed E-state index contributed by atoms with van der Waals surface area (Å²) in [5, 5.41) is 17.3. The van der Waals surface area contributed by atoms with Gasteiger partial charge in [-0.05, 0) is 31.2 Å². The maximum Gasteiger partial charge on any atom is 0.293 e. The standard InChI is InChI=1S/C21H28N4O6/c1-15-3-6-20(31-15)19(24-8-11-30-12-9-24)14-23-21(26)16-4-5-17(22-7-10-29-2)18(13-16)25(27)28/h3-6,13,19,22H,7-12,14H2,1-2H3,(H,23,26). The Bertz CT molecular complexity index is 894. The Morgan fingerprint density at radius 3 is 2.71 bits per heavy atom. The van der Waals surface area contributed by atoms with E-state index in [2.05, 4.69) is 15.5 Å². The van der Waals surface area contributed by atoms with Gasteiger partial charge < -0.3 is 24.5 Å². The van der Waals surface area contributed by atoms with Crippen LogP contribution in [0.15, 0.2) is 34.7 Å². The van der Waals surface area contributed by atoms with Gasteiger partial charge in [-0.3, -0.25) is 19.8 Å². The Morgan fingerprint density at radius 2 is 2.06 bits per heavy atom. The first-order valence-corrected chi connectivity index (χ1v) is 10.2. The van der Waals surface area contributed by atoms with Crippen molar-refractivity contribution in [3.8, 4) is 0 Å². The van der Waals surface area contributed by atoms with Crippen molar-refractivity contribution in [1.82, 2.24) is 10.2 Å². The Balaban J connectivity index is 1.71. The predicted octanol–water partition coefficient (Wildman–Crippen LogP) is 2.36. The zero-order valence-corrected chi connectivity index (χ0v) is 17.8. The van der Waals surface area contributed by atoms with Gasteiger partial charge in [-0.25, -0.2) is 0 Å². The number of benzene rings is 1. The number of ether oxygens (including phenoxy) is 2. The van der Waals surface area contributed by atoms with E-state index in [-0.39, 0.29) is 23.2 Å². The molecule has 2 aromatic rings. The van der Waals surface area contributed by atoms with Gasteiger partial charge in [-0.2, -0.15) is 0 Å². The molecular weight excluding hydrogens is 404 g/mol. The van der Waals surface area contributed by atoms with Gasteiger partial charge in [-0.1, -0.05) is 0 Å². The molecule has 2 N–H and O–H groups in total. The average Bonchev–Trinajstić information content (AvgIpc) is 3.20. The number of anilines is 1. The van der Waals surface area contributed by atoms with Crippen LogP contribution in [0.25, 0.3) is 0 Å². The van der Waals surface area contributed by atoms with Crippen molar-refractivity contribution < 1.29 is 23.6 Å². The van der Waals surface area contributed by atoms with Crippen LogP contribution in [0.5, 0.6) is 0 Å². The highest BCUT2D eigenvalue weighted by molar-refractivity contribution is 5.95. The van der Waals surface area contributed by atoms with Gasteiger partial charge in [0.25, 0.3) is 11.6 Å². The fourth-order valence-electron chi connectivity index (χ4n) is 3.48. The molecule has 1 aromatic heterocycles. The van der Waals surface area contributed by atoms with E-state index in [0.29, 0.717) is 38.6 Å². The highest BCUT2D eigenvalue weighted by Gasteiger charge is 2.26. The summed E-state index contributed by atoms with van der Waals surface area (Å²) in [6.45, 7) is 5.72. The summed E-state index contributed by atoms with van der Waals surface area (Å²) in [6, 6.07) is 8.05. The molecule has 31 heavy (non-hydrogen) atoms. The van der Waals surface area contributed by atoms with Crippen LogP contribution in [0, 0.1) is 17.0 Å². The van der Waals surface area contributed by atoms with Crippen molar-refractivity contribution in [2.45, 2.75) is 13.0 Å². The summed E-state index contributed by atoms with van der Waals surface area (Å²) < 4.78 is 16.2. The third kappa shape index (κ3) is 6.03. The van der Waals surface area contributed by atoms with Crippen LogP contribution in [0.4, 0.5) is 11.4 Å². The lowest BCUT2D eigenvalue weighted by molar-refractivity contribution is -0.384. The quantitative estimate of drug-likeness (QED) is 0.334. The molecule has 0 bridgehead atoms. The Morgan fingerprint density at radius 1 is 1.29 bits per heavy atom. The predicted molar refractivity (Wildman–Crippen MR) is 114 cm³/mol. The number of nitrogens with zero attached hydrogens (tertiary/aromatic N) is 2. The van der Waals surface area contributed by atoms with Gasteiger partial charge in [0.15, 0.2) is 0 Å². The topological polar surface area (TPSA) is 119 Å². The summed E-state index contributed by atoms with van der Waals surface area (Å²) in [5.74, 6) is 1.18. The normalized spacial score (nSPS) is 15.4. The van der Waals surface area contributed by atoms with Crippen molar-refractivity contribution in [1.29, 1.82) is 0 Å². The van der Waals surface area contributed by atoms with E-state index in [1.165, 1.54) is 12.1 Å². The van der Waals surface area contributed by atoms with Gasteiger partial charge in [-0.15, -0.1) is 0 Å². The van der Waals surface area contributed by atoms with Gasteiger partial charge in [0.1, 0.15) is 17.2 Å². The molecule has 1 amide bonds. The van der Waals surface area contributed by atoms with E-state index < -0.39 is 4.92 Å². The minimum Gasteiger partial charge on any atom is -0.465 e. The maximum atomic E-state index is 12.8. The van der Waals surface area contributed by atoms with Crippen molar-refractivity contribution in [3.63, 3.8) is 0 Å². The molecule has 1 aliphatic heterocycles. The number of hydrogen-bond acceptors (Lipinski definition) is 8. The number of methoxy groups -OCH3 is 1. The summed E-state index contributed by atoms with van der Waals surface area (Å²) in [6.07, 6.45) is 0. The van der Waals surface area contributed by atoms with Crippen LogP contribution in [0.1, 0.15) is 27.9 Å². The largest absolute Gasteiger partial charge is 0.465 e. The molecule has 10 heteroatoms. The number of aryl methyl sites for hydroxylation is 1. The van der Waals surface area contributed by atoms with E-state index in [1.54, 1.807) is 13.2 Å². The number of amides is 1. The molecule has 0 aliphatic carbocycles. The first kappa shape index (κ1) is 22.7. The third-order valence-corrected chi connectivity index (χ3v) is 5.11. The molecule has 3 rings (SSSR count). The van der Waals surface area contributed by atoms with Crippen LogP contribution in [0.3, 0.4) is 0 Å². The molecular formula is C21H28N4O6. The Hall–Kier alpha value is -2.95. The molecule has 1 unspecified atom stereocenters. The molecule has 0 radical (unpaired) electrons. The summed E-state index contributed by atoms with van der Waals surface area (Å²) in [5.41, 5.74) is 0.409. The zero-order chi connectivity index (χ0) is 22.2. The van der Waals surface area contributed by atoms with Crippen molar-refractivity contribution in [2.75, 3.05) is 58.4 Å². The number of furan rings is 1. The smallest absolute Gasteiger partial charge is 0.293 e. The van der Waals surface area contributed by atoms with Gasteiger partial charge in [0.05, 0.1) is 30.8 Å². The molecule has 2 heterocycles. The average molecular weight is 432 g/mol. The maximum absolute atomic E-state index is 12.8. The molecule has 10 nitrogen and oxygen atoms in total. The molecule has 0 spiro atoms. The number of hydrogen-bond donors (Lipinski definition) is 2. The molecule has 168 valence electrons. The second kappa shape index (κ2) is 10.9. The van der Waals surface area contributed by atoms with E-state index in [0.717, 1.165) is 24.6 Å². The highest BCUT2D eigenvalue weighted by Crippen LogP contribution is 2.26. The number of rotatable bonds is 10. The zero-order valence-electron chi connectivity index (χ0n) is 17.8. The van der Waals surface area contributed by atoms with Crippen molar-refractivity contribution >= 4 is 17.3 Å². The fraction of sp³-hybridized carbons (Fsp3) is 0.476. The molecule has 1 aromatic carbocycles. The van der Waals surface area contributed by atoms with E-state index in [1.807, 2.05) is 19.1 Å². The van der Waals surface area contributed by atoms with Crippen LogP contribution >= 0.6 is 0 Å². The van der Waals surface area contributed by atoms with Gasteiger partial charge in [0, 0.05) is 44.9 Å². The number of nitrogens with one attached hydrogen (secondary N) is 2. The van der Waals surface area contributed by atoms with Crippen molar-refractivity contribution in [3.05, 3.63) is 57.5 Å². The van der Waals surface area contributed by atoms with Crippen molar-refractivity contribution in [2.24, 2.45) is 0 Å². The number of carbonyl (C=O) groups is 1. The third-order valence-electron chi connectivity index (χ3n) is 5.11. The number of nitro groups is 1. The molecule has 1 atom stereocenters. The lowest BCUT2D eigenvalue weighted by atomic mass is 10.1.